The largest absolute Gasteiger partial charge is 0.465 e. The zero-order valence-electron chi connectivity index (χ0n) is 15.3. The molecule has 0 radical (unpaired) electrons. The van der Waals surface area contributed by atoms with Gasteiger partial charge in [0.25, 0.3) is 0 Å². The van der Waals surface area contributed by atoms with Crippen molar-refractivity contribution in [2.24, 2.45) is 23.7 Å². The standard InChI is InChI=1S/C20H30O4/c1-5-14(4)12-17-16-8-6-15(7-9-18(16)24-20(17)22)19(21)23-11-10-13(2)3/h7,9,12-13,15-18H,5-6,8,10-11H2,1-4H3. The maximum Gasteiger partial charge on any atom is 0.313 e. The Labute approximate surface area is 145 Å². The first-order chi connectivity index (χ1) is 11.4. The average Bonchev–Trinajstić information content (AvgIpc) is 2.71. The van der Waals surface area contributed by atoms with Crippen molar-refractivity contribution >= 4 is 11.9 Å². The highest BCUT2D eigenvalue weighted by Crippen LogP contribution is 2.38. The van der Waals surface area contributed by atoms with E-state index in [0.29, 0.717) is 18.9 Å². The molecule has 4 nitrogen and oxygen atoms in total. The molecule has 24 heavy (non-hydrogen) atoms. The van der Waals surface area contributed by atoms with Crippen molar-refractivity contribution in [3.8, 4) is 0 Å². The second kappa shape index (κ2) is 8.50. The highest BCUT2D eigenvalue weighted by atomic mass is 16.6. The Morgan fingerprint density at radius 2 is 2.12 bits per heavy atom. The molecule has 0 N–H and O–H groups in total. The monoisotopic (exact) mass is 334 g/mol. The lowest BCUT2D eigenvalue weighted by atomic mass is 9.85. The van der Waals surface area contributed by atoms with Crippen LogP contribution >= 0.6 is 0 Å². The van der Waals surface area contributed by atoms with Gasteiger partial charge in [0.15, 0.2) is 0 Å². The third-order valence-electron chi connectivity index (χ3n) is 5.02. The van der Waals surface area contributed by atoms with Crippen LogP contribution in [-0.2, 0) is 19.1 Å². The summed E-state index contributed by atoms with van der Waals surface area (Å²) >= 11 is 0. The highest BCUT2D eigenvalue weighted by molar-refractivity contribution is 5.78. The summed E-state index contributed by atoms with van der Waals surface area (Å²) in [6.07, 6.45) is 8.92. The number of esters is 2. The van der Waals surface area contributed by atoms with E-state index in [-0.39, 0.29) is 35.8 Å². The number of allylic oxidation sites excluding steroid dienone is 1. The summed E-state index contributed by atoms with van der Waals surface area (Å²) in [7, 11) is 0. The minimum Gasteiger partial charge on any atom is -0.465 e. The Morgan fingerprint density at radius 1 is 1.38 bits per heavy atom. The second-order valence-electron chi connectivity index (χ2n) is 7.38. The molecule has 1 saturated heterocycles. The van der Waals surface area contributed by atoms with Gasteiger partial charge in [-0.05, 0) is 44.6 Å². The average molecular weight is 334 g/mol. The number of rotatable bonds is 6. The zero-order valence-corrected chi connectivity index (χ0v) is 15.3. The molecular weight excluding hydrogens is 304 g/mol. The molecule has 0 bridgehead atoms. The molecule has 4 unspecified atom stereocenters. The van der Waals surface area contributed by atoms with Crippen LogP contribution in [0, 0.1) is 23.7 Å². The maximum atomic E-state index is 12.2. The Morgan fingerprint density at radius 3 is 2.79 bits per heavy atom. The molecule has 0 spiro atoms. The summed E-state index contributed by atoms with van der Waals surface area (Å²) < 4.78 is 10.9. The van der Waals surface area contributed by atoms with E-state index < -0.39 is 0 Å². The normalized spacial score (nSPS) is 30.0. The second-order valence-corrected chi connectivity index (χ2v) is 7.38. The number of ether oxygens (including phenoxy) is 2. The van der Waals surface area contributed by atoms with Crippen LogP contribution in [0.2, 0.25) is 0 Å². The van der Waals surface area contributed by atoms with E-state index in [1.807, 2.05) is 25.2 Å². The van der Waals surface area contributed by atoms with E-state index in [1.54, 1.807) is 0 Å². The molecule has 2 rings (SSSR count). The van der Waals surface area contributed by atoms with Crippen LogP contribution in [0.1, 0.15) is 53.4 Å². The topological polar surface area (TPSA) is 52.6 Å². The van der Waals surface area contributed by atoms with Crippen molar-refractivity contribution in [2.75, 3.05) is 6.61 Å². The predicted octanol–water partition coefficient (Wildman–Crippen LogP) is 4.06. The van der Waals surface area contributed by atoms with Gasteiger partial charge in [-0.3, -0.25) is 9.59 Å². The van der Waals surface area contributed by atoms with Crippen LogP contribution in [0.25, 0.3) is 0 Å². The van der Waals surface area contributed by atoms with Crippen LogP contribution < -0.4 is 0 Å². The van der Waals surface area contributed by atoms with Crippen LogP contribution in [0.5, 0.6) is 0 Å². The van der Waals surface area contributed by atoms with Crippen LogP contribution in [0.3, 0.4) is 0 Å². The van der Waals surface area contributed by atoms with E-state index in [9.17, 15) is 9.59 Å². The first-order valence-electron chi connectivity index (χ1n) is 9.15. The van der Waals surface area contributed by atoms with Crippen molar-refractivity contribution in [3.05, 3.63) is 23.8 Å². The van der Waals surface area contributed by atoms with Gasteiger partial charge in [-0.25, -0.2) is 0 Å². The molecule has 1 aliphatic heterocycles. The van der Waals surface area contributed by atoms with E-state index in [4.69, 9.17) is 9.47 Å². The van der Waals surface area contributed by atoms with Gasteiger partial charge in [-0.2, -0.15) is 0 Å². The van der Waals surface area contributed by atoms with Gasteiger partial charge in [-0.1, -0.05) is 38.5 Å². The van der Waals surface area contributed by atoms with Gasteiger partial charge in [0.05, 0.1) is 18.4 Å². The third-order valence-corrected chi connectivity index (χ3v) is 5.02. The quantitative estimate of drug-likeness (QED) is 0.543. The number of carbonyl (C=O) groups is 2. The SMILES string of the molecule is CCC(C)=CC1C(=O)OC2C=CC(C(=O)OCCC(C)C)CCC21. The number of hydrogen-bond donors (Lipinski definition) is 0. The summed E-state index contributed by atoms with van der Waals surface area (Å²) in [5.74, 6) is -0.0524. The molecule has 1 fully saturated rings. The summed E-state index contributed by atoms with van der Waals surface area (Å²) in [4.78, 5) is 24.4. The Bertz CT molecular complexity index is 518. The van der Waals surface area contributed by atoms with Gasteiger partial charge in [0.1, 0.15) is 6.10 Å². The van der Waals surface area contributed by atoms with E-state index in [0.717, 1.165) is 19.3 Å². The Hall–Kier alpha value is -1.58. The molecule has 2 aliphatic rings. The number of carbonyl (C=O) groups excluding carboxylic acids is 2. The van der Waals surface area contributed by atoms with Gasteiger partial charge in [0.2, 0.25) is 0 Å². The van der Waals surface area contributed by atoms with E-state index in [1.165, 1.54) is 5.57 Å². The van der Waals surface area contributed by atoms with Gasteiger partial charge >= 0.3 is 11.9 Å². The van der Waals surface area contributed by atoms with Crippen LogP contribution in [0.15, 0.2) is 23.8 Å². The highest BCUT2D eigenvalue weighted by Gasteiger charge is 2.43. The molecule has 4 atom stereocenters. The van der Waals surface area contributed by atoms with E-state index >= 15 is 0 Å². The van der Waals surface area contributed by atoms with Crippen molar-refractivity contribution in [1.29, 1.82) is 0 Å². The number of hydrogen-bond acceptors (Lipinski definition) is 4. The lowest BCUT2D eigenvalue weighted by molar-refractivity contribution is -0.147. The molecule has 0 saturated carbocycles. The minimum atomic E-state index is -0.224. The van der Waals surface area contributed by atoms with Crippen molar-refractivity contribution in [2.45, 2.75) is 59.5 Å². The van der Waals surface area contributed by atoms with Gasteiger partial charge in [0, 0.05) is 5.92 Å². The molecular formula is C20H30O4. The van der Waals surface area contributed by atoms with Crippen molar-refractivity contribution < 1.29 is 19.1 Å². The molecule has 1 heterocycles. The van der Waals surface area contributed by atoms with Crippen LogP contribution in [0.4, 0.5) is 0 Å². The minimum absolute atomic E-state index is 0.128. The zero-order chi connectivity index (χ0) is 17.7. The fourth-order valence-electron chi connectivity index (χ4n) is 3.23. The summed E-state index contributed by atoms with van der Waals surface area (Å²) in [5.41, 5.74) is 1.20. The maximum absolute atomic E-state index is 12.2. The summed E-state index contributed by atoms with van der Waals surface area (Å²) in [6, 6.07) is 0. The van der Waals surface area contributed by atoms with Gasteiger partial charge < -0.3 is 9.47 Å². The molecule has 0 aromatic rings. The lowest BCUT2D eigenvalue weighted by Crippen LogP contribution is -2.20. The summed E-state index contributed by atoms with van der Waals surface area (Å²) in [5, 5.41) is 0. The van der Waals surface area contributed by atoms with Crippen molar-refractivity contribution in [1.82, 2.24) is 0 Å². The molecule has 0 aromatic heterocycles. The number of fused-ring (bicyclic) bond motifs is 1. The van der Waals surface area contributed by atoms with E-state index in [2.05, 4.69) is 20.8 Å². The molecule has 1 aliphatic carbocycles. The third kappa shape index (κ3) is 4.71. The van der Waals surface area contributed by atoms with Crippen LogP contribution in [-0.4, -0.2) is 24.6 Å². The molecule has 134 valence electrons. The predicted molar refractivity (Wildman–Crippen MR) is 93.2 cm³/mol. The molecule has 0 aromatic carbocycles. The molecule has 4 heteroatoms. The first kappa shape index (κ1) is 18.8. The first-order valence-corrected chi connectivity index (χ1v) is 9.15. The smallest absolute Gasteiger partial charge is 0.313 e. The Kier molecular flexibility index (Phi) is 6.64. The summed E-state index contributed by atoms with van der Waals surface area (Å²) in [6.45, 7) is 8.83. The lowest BCUT2D eigenvalue weighted by Gasteiger charge is -2.16. The van der Waals surface area contributed by atoms with Gasteiger partial charge in [-0.15, -0.1) is 0 Å². The fourth-order valence-corrected chi connectivity index (χ4v) is 3.23. The molecule has 0 amide bonds. The Balaban J connectivity index is 1.98. The van der Waals surface area contributed by atoms with Crippen molar-refractivity contribution in [3.63, 3.8) is 0 Å². The fraction of sp³-hybridized carbons (Fsp3) is 0.700.